The zero-order chi connectivity index (χ0) is 13.0. The Morgan fingerprint density at radius 2 is 2.17 bits per heavy atom. The Morgan fingerprint density at radius 1 is 1.33 bits per heavy atom. The summed E-state index contributed by atoms with van der Waals surface area (Å²) in [7, 11) is 0. The lowest BCUT2D eigenvalue weighted by molar-refractivity contribution is 0.441. The van der Waals surface area contributed by atoms with Crippen LogP contribution in [0.15, 0.2) is 45.5 Å². The molecule has 0 saturated carbocycles. The quantitative estimate of drug-likeness (QED) is 0.889. The van der Waals surface area contributed by atoms with Crippen molar-refractivity contribution in [1.29, 1.82) is 0 Å². The molecule has 1 heterocycles. The second kappa shape index (κ2) is 6.07. The molecule has 2 aromatic rings. The molecule has 4 heteroatoms. The summed E-state index contributed by atoms with van der Waals surface area (Å²) >= 11 is 3.31. The number of halogens is 1. The Balaban J connectivity index is 1.89. The number of hydrogen-bond donors (Lipinski definition) is 2. The first-order valence-electron chi connectivity index (χ1n) is 5.89. The molecule has 0 bridgehead atoms. The largest absolute Gasteiger partial charge is 0.506 e. The summed E-state index contributed by atoms with van der Waals surface area (Å²) < 4.78 is 6.02. The van der Waals surface area contributed by atoms with Crippen molar-refractivity contribution in [3.05, 3.63) is 52.4 Å². The summed E-state index contributed by atoms with van der Waals surface area (Å²) in [6, 6.07) is 9.79. The first-order valence-corrected chi connectivity index (χ1v) is 6.68. The topological polar surface area (TPSA) is 45.4 Å². The van der Waals surface area contributed by atoms with Crippen LogP contribution < -0.4 is 5.32 Å². The predicted octanol–water partition coefficient (Wildman–Crippen LogP) is 3.47. The number of nitrogens with one attached hydrogen (secondary N) is 1. The average Bonchev–Trinajstić information content (AvgIpc) is 2.84. The lowest BCUT2D eigenvalue weighted by Crippen LogP contribution is -2.27. The van der Waals surface area contributed by atoms with E-state index in [1.165, 1.54) is 0 Å². The number of phenols is 1. The van der Waals surface area contributed by atoms with E-state index in [-0.39, 0.29) is 6.04 Å². The number of para-hydroxylation sites is 1. The lowest BCUT2D eigenvalue weighted by Gasteiger charge is -2.13. The van der Waals surface area contributed by atoms with Crippen molar-refractivity contribution >= 4 is 15.9 Å². The summed E-state index contributed by atoms with van der Waals surface area (Å²) in [5, 5.41) is 13.2. The third kappa shape index (κ3) is 3.37. The summed E-state index contributed by atoms with van der Waals surface area (Å²) in [5.74, 6) is 1.27. The van der Waals surface area contributed by atoms with Crippen LogP contribution in [0.4, 0.5) is 0 Å². The average molecular weight is 310 g/mol. The molecule has 2 N–H and O–H groups in total. The molecule has 0 fully saturated rings. The van der Waals surface area contributed by atoms with E-state index in [1.54, 1.807) is 6.26 Å². The van der Waals surface area contributed by atoms with Crippen molar-refractivity contribution < 1.29 is 9.52 Å². The molecule has 18 heavy (non-hydrogen) atoms. The molecule has 1 unspecified atom stereocenters. The monoisotopic (exact) mass is 309 g/mol. The van der Waals surface area contributed by atoms with Gasteiger partial charge in [-0.05, 0) is 41.1 Å². The van der Waals surface area contributed by atoms with Crippen LogP contribution in [-0.4, -0.2) is 11.1 Å². The van der Waals surface area contributed by atoms with Gasteiger partial charge in [-0.25, -0.2) is 0 Å². The summed E-state index contributed by atoms with van der Waals surface area (Å²) in [6.45, 7) is 2.73. The lowest BCUT2D eigenvalue weighted by atomic mass is 10.1. The maximum Gasteiger partial charge on any atom is 0.134 e. The van der Waals surface area contributed by atoms with Crippen molar-refractivity contribution in [1.82, 2.24) is 5.32 Å². The van der Waals surface area contributed by atoms with Gasteiger partial charge in [-0.2, -0.15) is 0 Å². The fourth-order valence-corrected chi connectivity index (χ4v) is 2.20. The second-order valence-electron chi connectivity index (χ2n) is 4.31. The van der Waals surface area contributed by atoms with E-state index in [0.717, 1.165) is 22.2 Å². The highest BCUT2D eigenvalue weighted by molar-refractivity contribution is 9.10. The Bertz CT molecular complexity index is 497. The second-order valence-corrected chi connectivity index (χ2v) is 5.17. The van der Waals surface area contributed by atoms with E-state index in [0.29, 0.717) is 12.3 Å². The van der Waals surface area contributed by atoms with Gasteiger partial charge in [0.1, 0.15) is 11.5 Å². The Labute approximate surface area is 115 Å². The molecule has 0 spiro atoms. The van der Waals surface area contributed by atoms with Crippen molar-refractivity contribution in [2.75, 3.05) is 0 Å². The molecule has 3 nitrogen and oxygen atoms in total. The van der Waals surface area contributed by atoms with E-state index in [1.807, 2.05) is 30.3 Å². The first-order chi connectivity index (χ1) is 8.66. The smallest absolute Gasteiger partial charge is 0.134 e. The first kappa shape index (κ1) is 13.2. The Kier molecular flexibility index (Phi) is 4.44. The number of benzene rings is 1. The van der Waals surface area contributed by atoms with Gasteiger partial charge in [0.15, 0.2) is 0 Å². The van der Waals surface area contributed by atoms with Crippen LogP contribution in [0.2, 0.25) is 0 Å². The molecular weight excluding hydrogens is 294 g/mol. The van der Waals surface area contributed by atoms with Crippen LogP contribution in [0.5, 0.6) is 5.75 Å². The normalized spacial score (nSPS) is 12.6. The molecule has 96 valence electrons. The van der Waals surface area contributed by atoms with Gasteiger partial charge in [0, 0.05) is 24.6 Å². The maximum absolute atomic E-state index is 9.86. The molecule has 1 aromatic heterocycles. The van der Waals surface area contributed by atoms with Crippen molar-refractivity contribution in [3.63, 3.8) is 0 Å². The zero-order valence-corrected chi connectivity index (χ0v) is 11.8. The zero-order valence-electron chi connectivity index (χ0n) is 10.2. The van der Waals surface area contributed by atoms with Crippen LogP contribution >= 0.6 is 15.9 Å². The molecule has 0 saturated heterocycles. The fourth-order valence-electron chi connectivity index (χ4n) is 1.79. The minimum absolute atomic E-state index is 0.287. The number of hydrogen-bond acceptors (Lipinski definition) is 3. The van der Waals surface area contributed by atoms with E-state index in [2.05, 4.69) is 28.2 Å². The van der Waals surface area contributed by atoms with Gasteiger partial charge in [0.2, 0.25) is 0 Å². The third-order valence-electron chi connectivity index (χ3n) is 2.80. The molecular formula is C14H16BrNO2. The minimum atomic E-state index is 0.287. The van der Waals surface area contributed by atoms with Gasteiger partial charge >= 0.3 is 0 Å². The van der Waals surface area contributed by atoms with Gasteiger partial charge < -0.3 is 14.8 Å². The number of furan rings is 1. The van der Waals surface area contributed by atoms with E-state index < -0.39 is 0 Å². The number of aromatic hydroxyl groups is 1. The van der Waals surface area contributed by atoms with Crippen molar-refractivity contribution in [2.24, 2.45) is 0 Å². The SMILES string of the molecule is CC(Cc1ccco1)NCc1cccc(Br)c1O. The van der Waals surface area contributed by atoms with Crippen LogP contribution in [-0.2, 0) is 13.0 Å². The van der Waals surface area contributed by atoms with E-state index in [9.17, 15) is 5.11 Å². The number of phenolic OH excluding ortho intramolecular Hbond substituents is 1. The minimum Gasteiger partial charge on any atom is -0.506 e. The maximum atomic E-state index is 9.86. The highest BCUT2D eigenvalue weighted by Gasteiger charge is 2.08. The molecule has 0 amide bonds. The summed E-state index contributed by atoms with van der Waals surface area (Å²) in [6.07, 6.45) is 2.52. The van der Waals surface area contributed by atoms with Gasteiger partial charge in [-0.15, -0.1) is 0 Å². The molecule has 0 aliphatic carbocycles. The van der Waals surface area contributed by atoms with Crippen LogP contribution in [0, 0.1) is 0 Å². The molecule has 0 radical (unpaired) electrons. The van der Waals surface area contributed by atoms with Gasteiger partial charge in [-0.1, -0.05) is 12.1 Å². The Morgan fingerprint density at radius 3 is 2.89 bits per heavy atom. The van der Waals surface area contributed by atoms with Crippen LogP contribution in [0.1, 0.15) is 18.2 Å². The number of rotatable bonds is 5. The van der Waals surface area contributed by atoms with Crippen molar-refractivity contribution in [3.8, 4) is 5.75 Å². The van der Waals surface area contributed by atoms with E-state index in [4.69, 9.17) is 4.42 Å². The molecule has 0 aliphatic heterocycles. The van der Waals surface area contributed by atoms with Crippen LogP contribution in [0.3, 0.4) is 0 Å². The van der Waals surface area contributed by atoms with Gasteiger partial charge in [0.25, 0.3) is 0 Å². The van der Waals surface area contributed by atoms with Crippen molar-refractivity contribution in [2.45, 2.75) is 25.9 Å². The third-order valence-corrected chi connectivity index (χ3v) is 3.44. The Hall–Kier alpha value is -1.26. The van der Waals surface area contributed by atoms with Gasteiger partial charge in [-0.3, -0.25) is 0 Å². The molecule has 2 rings (SSSR count). The summed E-state index contributed by atoms with van der Waals surface area (Å²) in [4.78, 5) is 0. The van der Waals surface area contributed by atoms with Gasteiger partial charge in [0.05, 0.1) is 10.7 Å². The van der Waals surface area contributed by atoms with Crippen LogP contribution in [0.25, 0.3) is 0 Å². The standard InChI is InChI=1S/C14H16BrNO2/c1-10(8-12-5-3-7-18-12)16-9-11-4-2-6-13(15)14(11)17/h2-7,10,16-17H,8-9H2,1H3. The highest BCUT2D eigenvalue weighted by atomic mass is 79.9. The summed E-state index contributed by atoms with van der Waals surface area (Å²) in [5.41, 5.74) is 0.885. The molecule has 1 aromatic carbocycles. The highest BCUT2D eigenvalue weighted by Crippen LogP contribution is 2.27. The molecule has 1 atom stereocenters. The van der Waals surface area contributed by atoms with E-state index >= 15 is 0 Å². The fraction of sp³-hybridized carbons (Fsp3) is 0.286. The predicted molar refractivity (Wildman–Crippen MR) is 74.5 cm³/mol. The molecule has 0 aliphatic rings.